The second-order valence-electron chi connectivity index (χ2n) is 6.22. The first-order chi connectivity index (χ1) is 12.4. The van der Waals surface area contributed by atoms with Crippen molar-refractivity contribution < 1.29 is 32.6 Å². The van der Waals surface area contributed by atoms with Gasteiger partial charge in [0.1, 0.15) is 4.88 Å². The summed E-state index contributed by atoms with van der Waals surface area (Å²) >= 11 is 1.45. The molecule has 0 aliphatic carbocycles. The molecule has 1 aromatic rings. The number of ether oxygens (including phenoxy) is 1. The molecule has 2 heterocycles. The van der Waals surface area contributed by atoms with E-state index in [0.717, 1.165) is 35.2 Å². The zero-order valence-electron chi connectivity index (χ0n) is 15.6. The topological polar surface area (TPSA) is 91.8 Å². The van der Waals surface area contributed by atoms with E-state index in [1.807, 2.05) is 13.8 Å². The molecule has 1 fully saturated rings. The summed E-state index contributed by atoms with van der Waals surface area (Å²) in [6.45, 7) is 11.4. The number of thiazole rings is 1. The standard InChI is InChI=1S/C14H23N3O2S.C2HF3O2/c1-9-7-17(8-10(2)19-9)6-5-15-14(18)13-11(3)16-12(4)20-13;3-2(4,5)1(6)7/h9-10H,5-8H2,1-4H3,(H,15,18);(H,6,7). The summed E-state index contributed by atoms with van der Waals surface area (Å²) in [7, 11) is 0. The molecular formula is C16H24F3N3O4S. The van der Waals surface area contributed by atoms with Crippen LogP contribution in [-0.2, 0) is 9.53 Å². The SMILES string of the molecule is Cc1nc(C)c(C(=O)NCCN2CC(C)OC(C)C2)s1.O=C(O)C(F)(F)F. The van der Waals surface area contributed by atoms with E-state index in [1.54, 1.807) is 0 Å². The van der Waals surface area contributed by atoms with E-state index >= 15 is 0 Å². The van der Waals surface area contributed by atoms with Crippen molar-refractivity contribution in [1.29, 1.82) is 0 Å². The Morgan fingerprint density at radius 1 is 1.30 bits per heavy atom. The van der Waals surface area contributed by atoms with E-state index in [2.05, 4.69) is 29.0 Å². The van der Waals surface area contributed by atoms with Crippen LogP contribution in [0.25, 0.3) is 0 Å². The van der Waals surface area contributed by atoms with Gasteiger partial charge in [-0.25, -0.2) is 9.78 Å². The fraction of sp³-hybridized carbons (Fsp3) is 0.688. The van der Waals surface area contributed by atoms with Gasteiger partial charge in [0.05, 0.1) is 22.9 Å². The maximum absolute atomic E-state index is 12.1. The zero-order valence-corrected chi connectivity index (χ0v) is 16.4. The number of alkyl halides is 3. The number of aromatic nitrogens is 1. The summed E-state index contributed by atoms with van der Waals surface area (Å²) in [6, 6.07) is 0. The smallest absolute Gasteiger partial charge is 0.475 e. The summed E-state index contributed by atoms with van der Waals surface area (Å²) in [4.78, 5) is 28.3. The first-order valence-corrected chi connectivity index (χ1v) is 9.12. The van der Waals surface area contributed by atoms with E-state index in [1.165, 1.54) is 11.3 Å². The molecule has 27 heavy (non-hydrogen) atoms. The largest absolute Gasteiger partial charge is 0.490 e. The molecule has 154 valence electrons. The molecule has 1 aliphatic heterocycles. The Kier molecular flexibility index (Phi) is 8.63. The number of amides is 1. The number of carboxylic acid groups (broad SMARTS) is 1. The number of aliphatic carboxylic acids is 1. The van der Waals surface area contributed by atoms with E-state index < -0.39 is 12.1 Å². The Bertz CT molecular complexity index is 641. The number of nitrogens with one attached hydrogen (secondary N) is 1. The predicted octanol–water partition coefficient (Wildman–Crippen LogP) is 2.23. The molecule has 11 heteroatoms. The number of carbonyl (C=O) groups excluding carboxylic acids is 1. The highest BCUT2D eigenvalue weighted by molar-refractivity contribution is 7.13. The van der Waals surface area contributed by atoms with Crippen LogP contribution < -0.4 is 5.32 Å². The van der Waals surface area contributed by atoms with Gasteiger partial charge in [-0.1, -0.05) is 0 Å². The lowest BCUT2D eigenvalue weighted by Crippen LogP contribution is -2.47. The molecule has 0 saturated carbocycles. The van der Waals surface area contributed by atoms with Gasteiger partial charge < -0.3 is 15.2 Å². The lowest BCUT2D eigenvalue weighted by Gasteiger charge is -2.35. The average Bonchev–Trinajstić information content (AvgIpc) is 2.84. The number of hydrogen-bond acceptors (Lipinski definition) is 6. The van der Waals surface area contributed by atoms with E-state index in [-0.39, 0.29) is 18.1 Å². The van der Waals surface area contributed by atoms with Crippen LogP contribution in [0.3, 0.4) is 0 Å². The fourth-order valence-corrected chi connectivity index (χ4v) is 3.45. The van der Waals surface area contributed by atoms with Crippen LogP contribution >= 0.6 is 11.3 Å². The lowest BCUT2D eigenvalue weighted by molar-refractivity contribution is -0.192. The number of halogens is 3. The van der Waals surface area contributed by atoms with Gasteiger partial charge in [-0.15, -0.1) is 11.3 Å². The third kappa shape index (κ3) is 8.22. The van der Waals surface area contributed by atoms with Gasteiger partial charge >= 0.3 is 12.1 Å². The van der Waals surface area contributed by atoms with Crippen molar-refractivity contribution in [3.63, 3.8) is 0 Å². The first-order valence-electron chi connectivity index (χ1n) is 8.30. The molecule has 1 amide bonds. The first kappa shape index (κ1) is 23.3. The minimum absolute atomic E-state index is 0.0116. The van der Waals surface area contributed by atoms with E-state index in [9.17, 15) is 18.0 Å². The Morgan fingerprint density at radius 3 is 2.22 bits per heavy atom. The maximum Gasteiger partial charge on any atom is 0.490 e. The molecule has 0 aromatic carbocycles. The van der Waals surface area contributed by atoms with Crippen LogP contribution in [0.1, 0.15) is 34.2 Å². The third-order valence-corrected chi connectivity index (χ3v) is 4.63. The summed E-state index contributed by atoms with van der Waals surface area (Å²) in [5, 5.41) is 11.0. The zero-order chi connectivity index (χ0) is 20.8. The highest BCUT2D eigenvalue weighted by Gasteiger charge is 2.38. The van der Waals surface area contributed by atoms with Crippen LogP contribution in [0.15, 0.2) is 0 Å². The monoisotopic (exact) mass is 411 g/mol. The van der Waals surface area contributed by atoms with Crippen molar-refractivity contribution in [2.24, 2.45) is 0 Å². The molecule has 0 spiro atoms. The normalized spacial score (nSPS) is 20.6. The molecule has 2 unspecified atom stereocenters. The van der Waals surface area contributed by atoms with Crippen LogP contribution in [-0.4, -0.2) is 71.4 Å². The molecule has 7 nitrogen and oxygen atoms in total. The summed E-state index contributed by atoms with van der Waals surface area (Å²) in [5.74, 6) is -2.77. The molecule has 0 bridgehead atoms. The number of carboxylic acids is 1. The summed E-state index contributed by atoms with van der Waals surface area (Å²) in [5.41, 5.74) is 0.818. The minimum atomic E-state index is -5.08. The lowest BCUT2D eigenvalue weighted by atomic mass is 10.2. The fourth-order valence-electron chi connectivity index (χ4n) is 2.62. The van der Waals surface area contributed by atoms with Crippen LogP contribution in [0.4, 0.5) is 13.2 Å². The van der Waals surface area contributed by atoms with Gasteiger partial charge in [-0.05, 0) is 27.7 Å². The molecule has 2 atom stereocenters. The Hall–Kier alpha value is -1.72. The van der Waals surface area contributed by atoms with Crippen LogP contribution in [0.5, 0.6) is 0 Å². The molecule has 2 N–H and O–H groups in total. The van der Waals surface area contributed by atoms with Crippen molar-refractivity contribution in [3.8, 4) is 0 Å². The molecule has 1 aliphatic rings. The van der Waals surface area contributed by atoms with Gasteiger partial charge in [0.15, 0.2) is 0 Å². The third-order valence-electron chi connectivity index (χ3n) is 3.56. The highest BCUT2D eigenvalue weighted by atomic mass is 32.1. The summed E-state index contributed by atoms with van der Waals surface area (Å²) in [6.07, 6.45) is -4.55. The van der Waals surface area contributed by atoms with Crippen LogP contribution in [0.2, 0.25) is 0 Å². The predicted molar refractivity (Wildman–Crippen MR) is 94.1 cm³/mol. The Labute approximate surface area is 159 Å². The number of aryl methyl sites for hydroxylation is 2. The number of rotatable bonds is 4. The Balaban J connectivity index is 0.000000445. The van der Waals surface area contributed by atoms with Gasteiger partial charge in [0.25, 0.3) is 5.91 Å². The molecule has 2 rings (SSSR count). The highest BCUT2D eigenvalue weighted by Crippen LogP contribution is 2.16. The quantitative estimate of drug-likeness (QED) is 0.790. The van der Waals surface area contributed by atoms with Gasteiger partial charge in [-0.3, -0.25) is 9.69 Å². The van der Waals surface area contributed by atoms with Crippen molar-refractivity contribution in [3.05, 3.63) is 15.6 Å². The second-order valence-corrected chi connectivity index (χ2v) is 7.43. The van der Waals surface area contributed by atoms with Crippen molar-refractivity contribution in [2.45, 2.75) is 46.1 Å². The van der Waals surface area contributed by atoms with Crippen molar-refractivity contribution >= 4 is 23.2 Å². The second kappa shape index (κ2) is 10.00. The molecule has 1 saturated heterocycles. The number of morpholine rings is 1. The number of nitrogens with zero attached hydrogens (tertiary/aromatic N) is 2. The molecule has 0 radical (unpaired) electrons. The molecular weight excluding hydrogens is 387 g/mol. The summed E-state index contributed by atoms with van der Waals surface area (Å²) < 4.78 is 37.4. The van der Waals surface area contributed by atoms with Crippen molar-refractivity contribution in [2.75, 3.05) is 26.2 Å². The van der Waals surface area contributed by atoms with Gasteiger partial charge in [0, 0.05) is 26.2 Å². The number of hydrogen-bond donors (Lipinski definition) is 2. The minimum Gasteiger partial charge on any atom is -0.475 e. The average molecular weight is 411 g/mol. The molecule has 1 aromatic heterocycles. The maximum atomic E-state index is 12.1. The van der Waals surface area contributed by atoms with Crippen molar-refractivity contribution in [1.82, 2.24) is 15.2 Å². The van der Waals surface area contributed by atoms with Crippen LogP contribution in [0, 0.1) is 13.8 Å². The Morgan fingerprint density at radius 2 is 1.81 bits per heavy atom. The van der Waals surface area contributed by atoms with Gasteiger partial charge in [0.2, 0.25) is 0 Å². The van der Waals surface area contributed by atoms with Gasteiger partial charge in [-0.2, -0.15) is 13.2 Å². The number of carbonyl (C=O) groups is 2. The van der Waals surface area contributed by atoms with E-state index in [4.69, 9.17) is 14.6 Å². The van der Waals surface area contributed by atoms with E-state index in [0.29, 0.717) is 6.54 Å².